The minimum Gasteiger partial charge on any atom is -0.338 e. The van der Waals surface area contributed by atoms with E-state index in [0.29, 0.717) is 5.92 Å². The van der Waals surface area contributed by atoms with E-state index in [9.17, 15) is 0 Å². The summed E-state index contributed by atoms with van der Waals surface area (Å²) in [4.78, 5) is 4.76. The Kier molecular flexibility index (Phi) is 5.28. The predicted molar refractivity (Wildman–Crippen MR) is 83.1 cm³/mol. The third-order valence-electron chi connectivity index (χ3n) is 5.32. The molecule has 0 radical (unpaired) electrons. The molecule has 0 aromatic carbocycles. The molecule has 0 spiro atoms. The zero-order valence-electron chi connectivity index (χ0n) is 13.3. The molecule has 2 atom stereocenters. The van der Waals surface area contributed by atoms with E-state index >= 15 is 0 Å². The zero-order valence-corrected chi connectivity index (χ0v) is 13.3. The van der Waals surface area contributed by atoms with Gasteiger partial charge in [0.1, 0.15) is 0 Å². The van der Waals surface area contributed by atoms with Gasteiger partial charge < -0.3 is 9.84 Å². The Morgan fingerprint density at radius 2 is 1.86 bits per heavy atom. The van der Waals surface area contributed by atoms with E-state index in [2.05, 4.69) is 17.4 Å². The summed E-state index contributed by atoms with van der Waals surface area (Å²) in [5.74, 6) is 3.11. The van der Waals surface area contributed by atoms with E-state index in [1.807, 2.05) is 0 Å². The van der Waals surface area contributed by atoms with Crippen LogP contribution in [0.25, 0.3) is 0 Å². The lowest BCUT2D eigenvalue weighted by atomic mass is 9.90. The molecule has 1 aromatic heterocycles. The van der Waals surface area contributed by atoms with Crippen LogP contribution in [-0.4, -0.2) is 16.7 Å². The van der Waals surface area contributed by atoms with Crippen LogP contribution in [0.15, 0.2) is 4.52 Å². The highest BCUT2D eigenvalue weighted by Crippen LogP contribution is 2.32. The lowest BCUT2D eigenvalue weighted by Crippen LogP contribution is -2.31. The van der Waals surface area contributed by atoms with Crippen LogP contribution in [0, 0.1) is 5.92 Å². The molecular formula is C17H29N3O. The highest BCUT2D eigenvalue weighted by Gasteiger charge is 2.27. The maximum Gasteiger partial charge on any atom is 0.243 e. The van der Waals surface area contributed by atoms with Gasteiger partial charge in [-0.3, -0.25) is 0 Å². The smallest absolute Gasteiger partial charge is 0.243 e. The second kappa shape index (κ2) is 7.39. The fourth-order valence-electron chi connectivity index (χ4n) is 3.82. The highest BCUT2D eigenvalue weighted by atomic mass is 16.5. The summed E-state index contributed by atoms with van der Waals surface area (Å²) in [6, 6.07) is 0.276. The van der Waals surface area contributed by atoms with Crippen molar-refractivity contribution in [2.75, 3.05) is 6.54 Å². The summed E-state index contributed by atoms with van der Waals surface area (Å²) in [6.07, 6.45) is 12.9. The van der Waals surface area contributed by atoms with Crippen molar-refractivity contribution in [3.8, 4) is 0 Å². The number of hydrogen-bond acceptors (Lipinski definition) is 4. The Balaban J connectivity index is 1.64. The predicted octanol–water partition coefficient (Wildman–Crippen LogP) is 4.35. The van der Waals surface area contributed by atoms with Crippen LogP contribution in [0.3, 0.4) is 0 Å². The SMILES string of the molecule is CCC1CCNC(c2nc(C3CCCCCCC3)no2)C1. The van der Waals surface area contributed by atoms with Gasteiger partial charge in [0, 0.05) is 5.92 Å². The molecule has 2 heterocycles. The number of hydrogen-bond donors (Lipinski definition) is 1. The first-order chi connectivity index (χ1) is 10.4. The molecule has 118 valence electrons. The van der Waals surface area contributed by atoms with Gasteiger partial charge in [-0.1, -0.05) is 50.6 Å². The number of nitrogens with zero attached hydrogens (tertiary/aromatic N) is 2. The Labute approximate surface area is 128 Å². The van der Waals surface area contributed by atoms with Crippen molar-refractivity contribution < 1.29 is 4.52 Å². The van der Waals surface area contributed by atoms with Gasteiger partial charge in [0.05, 0.1) is 6.04 Å². The fraction of sp³-hybridized carbons (Fsp3) is 0.882. The largest absolute Gasteiger partial charge is 0.338 e. The summed E-state index contributed by atoms with van der Waals surface area (Å²) in [6.45, 7) is 3.35. The molecule has 21 heavy (non-hydrogen) atoms. The minimum atomic E-state index is 0.276. The molecule has 1 aromatic rings. The molecule has 3 rings (SSSR count). The van der Waals surface area contributed by atoms with Gasteiger partial charge in [-0.05, 0) is 38.1 Å². The Morgan fingerprint density at radius 3 is 2.62 bits per heavy atom. The molecule has 1 aliphatic carbocycles. The van der Waals surface area contributed by atoms with Crippen molar-refractivity contribution in [3.63, 3.8) is 0 Å². The molecule has 0 amide bonds. The van der Waals surface area contributed by atoms with E-state index in [-0.39, 0.29) is 6.04 Å². The first-order valence-electron chi connectivity index (χ1n) is 8.93. The van der Waals surface area contributed by atoms with Crippen molar-refractivity contribution in [1.29, 1.82) is 0 Å². The molecule has 1 saturated carbocycles. The summed E-state index contributed by atoms with van der Waals surface area (Å²) in [5.41, 5.74) is 0. The monoisotopic (exact) mass is 291 g/mol. The second-order valence-corrected chi connectivity index (χ2v) is 6.84. The maximum atomic E-state index is 5.60. The Bertz CT molecular complexity index is 407. The van der Waals surface area contributed by atoms with Gasteiger partial charge in [0.15, 0.2) is 5.82 Å². The van der Waals surface area contributed by atoms with E-state index in [1.165, 1.54) is 57.8 Å². The van der Waals surface area contributed by atoms with Crippen molar-refractivity contribution >= 4 is 0 Å². The van der Waals surface area contributed by atoms with E-state index in [0.717, 1.165) is 30.6 Å². The van der Waals surface area contributed by atoms with Crippen LogP contribution in [0.2, 0.25) is 0 Å². The van der Waals surface area contributed by atoms with Crippen molar-refractivity contribution in [1.82, 2.24) is 15.5 Å². The van der Waals surface area contributed by atoms with Crippen molar-refractivity contribution in [2.45, 2.75) is 83.1 Å². The molecular weight excluding hydrogens is 262 g/mol. The number of aromatic nitrogens is 2. The molecule has 0 bridgehead atoms. The van der Waals surface area contributed by atoms with Crippen LogP contribution < -0.4 is 5.32 Å². The van der Waals surface area contributed by atoms with Gasteiger partial charge in [0.25, 0.3) is 0 Å². The summed E-state index contributed by atoms with van der Waals surface area (Å²) < 4.78 is 5.60. The van der Waals surface area contributed by atoms with E-state index in [1.54, 1.807) is 0 Å². The standard InChI is InChI=1S/C17H29N3O/c1-2-13-10-11-18-15(12-13)17-19-16(20-21-17)14-8-6-4-3-5-7-9-14/h13-15,18H,2-12H2,1H3. The van der Waals surface area contributed by atoms with Crippen molar-refractivity contribution in [2.24, 2.45) is 5.92 Å². The molecule has 2 aliphatic rings. The number of rotatable bonds is 3. The number of piperidine rings is 1. The van der Waals surface area contributed by atoms with Crippen LogP contribution in [0.5, 0.6) is 0 Å². The van der Waals surface area contributed by atoms with Gasteiger partial charge >= 0.3 is 0 Å². The molecule has 4 heteroatoms. The van der Waals surface area contributed by atoms with E-state index < -0.39 is 0 Å². The van der Waals surface area contributed by atoms with Crippen LogP contribution in [0.1, 0.15) is 94.8 Å². The normalized spacial score (nSPS) is 29.0. The van der Waals surface area contributed by atoms with Crippen LogP contribution in [0.4, 0.5) is 0 Å². The zero-order chi connectivity index (χ0) is 14.5. The Morgan fingerprint density at radius 1 is 1.10 bits per heavy atom. The van der Waals surface area contributed by atoms with E-state index in [4.69, 9.17) is 9.51 Å². The van der Waals surface area contributed by atoms with Gasteiger partial charge in [0.2, 0.25) is 5.89 Å². The first kappa shape index (κ1) is 15.0. The average molecular weight is 291 g/mol. The quantitative estimate of drug-likeness (QED) is 0.899. The molecule has 2 unspecified atom stereocenters. The van der Waals surface area contributed by atoms with Gasteiger partial charge in [-0.15, -0.1) is 0 Å². The summed E-state index contributed by atoms with van der Waals surface area (Å²) in [7, 11) is 0. The lowest BCUT2D eigenvalue weighted by Gasteiger charge is -2.27. The maximum absolute atomic E-state index is 5.60. The summed E-state index contributed by atoms with van der Waals surface area (Å²) >= 11 is 0. The first-order valence-corrected chi connectivity index (χ1v) is 8.93. The third kappa shape index (κ3) is 3.85. The molecule has 1 N–H and O–H groups in total. The molecule has 2 fully saturated rings. The third-order valence-corrected chi connectivity index (χ3v) is 5.32. The minimum absolute atomic E-state index is 0.276. The highest BCUT2D eigenvalue weighted by molar-refractivity contribution is 5.00. The average Bonchev–Trinajstić information content (AvgIpc) is 2.97. The lowest BCUT2D eigenvalue weighted by molar-refractivity contribution is 0.245. The molecule has 4 nitrogen and oxygen atoms in total. The molecule has 1 aliphatic heterocycles. The Hall–Kier alpha value is -0.900. The van der Waals surface area contributed by atoms with Gasteiger partial charge in [-0.2, -0.15) is 4.98 Å². The topological polar surface area (TPSA) is 51.0 Å². The van der Waals surface area contributed by atoms with Crippen LogP contribution >= 0.6 is 0 Å². The second-order valence-electron chi connectivity index (χ2n) is 6.84. The van der Waals surface area contributed by atoms with Crippen LogP contribution in [-0.2, 0) is 0 Å². The van der Waals surface area contributed by atoms with Crippen molar-refractivity contribution in [3.05, 3.63) is 11.7 Å². The fourth-order valence-corrected chi connectivity index (χ4v) is 3.82. The number of nitrogens with one attached hydrogen (secondary N) is 1. The van der Waals surface area contributed by atoms with Gasteiger partial charge in [-0.25, -0.2) is 0 Å². The summed E-state index contributed by atoms with van der Waals surface area (Å²) in [5, 5.41) is 7.85. The molecule has 1 saturated heterocycles.